The standard InChI is InChI=1S/C16H25NO4/c1-5-20-15(19)17-10-13(18)11-21-14-8-6-12(7-9-14)16(2,3)4/h6-9,13,18H,5,10-11H2,1-4H3,(H,17,19)/t13-/m1/s1. The molecular formula is C16H25NO4. The third-order valence-corrected chi connectivity index (χ3v) is 2.92. The highest BCUT2D eigenvalue weighted by molar-refractivity contribution is 5.67. The van der Waals surface area contributed by atoms with E-state index in [1.807, 2.05) is 24.3 Å². The molecule has 2 N–H and O–H groups in total. The number of alkyl carbamates (subject to hydrolysis) is 1. The molecular weight excluding hydrogens is 270 g/mol. The van der Waals surface area contributed by atoms with Crippen molar-refractivity contribution in [2.75, 3.05) is 19.8 Å². The summed E-state index contributed by atoms with van der Waals surface area (Å²) in [6.07, 6.45) is -1.32. The average molecular weight is 295 g/mol. The molecule has 118 valence electrons. The van der Waals surface area contributed by atoms with Gasteiger partial charge in [-0.25, -0.2) is 4.79 Å². The second kappa shape index (κ2) is 7.88. The Hall–Kier alpha value is -1.75. The van der Waals surface area contributed by atoms with Gasteiger partial charge in [-0.3, -0.25) is 0 Å². The third kappa shape index (κ3) is 6.49. The van der Waals surface area contributed by atoms with Crippen molar-refractivity contribution in [3.63, 3.8) is 0 Å². The van der Waals surface area contributed by atoms with Crippen LogP contribution in [0.2, 0.25) is 0 Å². The van der Waals surface area contributed by atoms with Gasteiger partial charge in [-0.2, -0.15) is 0 Å². The van der Waals surface area contributed by atoms with Crippen molar-refractivity contribution in [3.05, 3.63) is 29.8 Å². The van der Waals surface area contributed by atoms with Gasteiger partial charge in [0.2, 0.25) is 0 Å². The fourth-order valence-corrected chi connectivity index (χ4v) is 1.69. The Morgan fingerprint density at radius 2 is 1.90 bits per heavy atom. The molecule has 0 heterocycles. The van der Waals surface area contributed by atoms with E-state index in [1.54, 1.807) is 6.92 Å². The number of aliphatic hydroxyl groups excluding tert-OH is 1. The maximum atomic E-state index is 11.1. The summed E-state index contributed by atoms with van der Waals surface area (Å²) in [6, 6.07) is 7.79. The number of rotatable bonds is 6. The van der Waals surface area contributed by atoms with Crippen LogP contribution in [0.5, 0.6) is 5.75 Å². The minimum Gasteiger partial charge on any atom is -0.491 e. The molecule has 0 aliphatic rings. The lowest BCUT2D eigenvalue weighted by Gasteiger charge is -2.19. The quantitative estimate of drug-likeness (QED) is 0.846. The summed E-state index contributed by atoms with van der Waals surface area (Å²) in [7, 11) is 0. The molecule has 21 heavy (non-hydrogen) atoms. The van der Waals surface area contributed by atoms with Crippen LogP contribution in [0.3, 0.4) is 0 Å². The number of ether oxygens (including phenoxy) is 2. The lowest BCUT2D eigenvalue weighted by atomic mass is 9.87. The molecule has 0 radical (unpaired) electrons. The highest BCUT2D eigenvalue weighted by Crippen LogP contribution is 2.24. The maximum absolute atomic E-state index is 11.1. The van der Waals surface area contributed by atoms with E-state index in [-0.39, 0.29) is 18.6 Å². The second-order valence-corrected chi connectivity index (χ2v) is 5.84. The summed E-state index contributed by atoms with van der Waals surface area (Å²) in [5.41, 5.74) is 1.32. The van der Waals surface area contributed by atoms with E-state index in [0.717, 1.165) is 0 Å². The molecule has 0 bridgehead atoms. The molecule has 1 aromatic rings. The van der Waals surface area contributed by atoms with Crippen molar-refractivity contribution < 1.29 is 19.4 Å². The van der Waals surface area contributed by atoms with E-state index in [4.69, 9.17) is 9.47 Å². The van der Waals surface area contributed by atoms with Crippen molar-refractivity contribution >= 4 is 6.09 Å². The van der Waals surface area contributed by atoms with Crippen LogP contribution >= 0.6 is 0 Å². The first-order valence-electron chi connectivity index (χ1n) is 7.15. The first kappa shape index (κ1) is 17.3. The van der Waals surface area contributed by atoms with Crippen LogP contribution in [0.1, 0.15) is 33.3 Å². The van der Waals surface area contributed by atoms with Crippen LogP contribution < -0.4 is 10.1 Å². The summed E-state index contributed by atoms with van der Waals surface area (Å²) in [5.74, 6) is 0.693. The minimum atomic E-state index is -0.781. The van der Waals surface area contributed by atoms with Gasteiger partial charge in [-0.05, 0) is 30.0 Å². The van der Waals surface area contributed by atoms with Gasteiger partial charge in [-0.15, -0.1) is 0 Å². The molecule has 1 rings (SSSR count). The van der Waals surface area contributed by atoms with Gasteiger partial charge < -0.3 is 19.9 Å². The molecule has 1 atom stereocenters. The first-order valence-corrected chi connectivity index (χ1v) is 7.15. The zero-order valence-electron chi connectivity index (χ0n) is 13.2. The van der Waals surface area contributed by atoms with Crippen molar-refractivity contribution in [2.24, 2.45) is 0 Å². The SMILES string of the molecule is CCOC(=O)NC[C@@H](O)COc1ccc(C(C)(C)C)cc1. The predicted molar refractivity (Wildman–Crippen MR) is 81.7 cm³/mol. The summed E-state index contributed by atoms with van der Waals surface area (Å²) >= 11 is 0. The third-order valence-electron chi connectivity index (χ3n) is 2.92. The van der Waals surface area contributed by atoms with Gasteiger partial charge in [0.15, 0.2) is 0 Å². The highest BCUT2D eigenvalue weighted by Gasteiger charge is 2.13. The Morgan fingerprint density at radius 3 is 2.43 bits per heavy atom. The summed E-state index contributed by atoms with van der Waals surface area (Å²) in [4.78, 5) is 11.1. The van der Waals surface area contributed by atoms with Crippen molar-refractivity contribution in [2.45, 2.75) is 39.2 Å². The molecule has 1 aromatic carbocycles. The lowest BCUT2D eigenvalue weighted by Crippen LogP contribution is -2.35. The average Bonchev–Trinajstić information content (AvgIpc) is 2.43. The van der Waals surface area contributed by atoms with Gasteiger partial charge in [-0.1, -0.05) is 32.9 Å². The number of hydrogen-bond donors (Lipinski definition) is 2. The van der Waals surface area contributed by atoms with Gasteiger partial charge in [0.05, 0.1) is 13.2 Å². The number of aliphatic hydroxyl groups is 1. The maximum Gasteiger partial charge on any atom is 0.407 e. The first-order chi connectivity index (χ1) is 9.82. The number of benzene rings is 1. The van der Waals surface area contributed by atoms with Crippen molar-refractivity contribution in [3.8, 4) is 5.75 Å². The normalized spacial score (nSPS) is 12.6. The fraction of sp³-hybridized carbons (Fsp3) is 0.562. The molecule has 0 aliphatic heterocycles. The summed E-state index contributed by atoms with van der Waals surface area (Å²) in [6.45, 7) is 8.67. The molecule has 0 spiro atoms. The lowest BCUT2D eigenvalue weighted by molar-refractivity contribution is 0.0991. The number of carbonyl (C=O) groups is 1. The van der Waals surface area contributed by atoms with Crippen LogP contribution in [-0.4, -0.2) is 37.1 Å². The molecule has 0 aliphatic carbocycles. The van der Waals surface area contributed by atoms with E-state index in [2.05, 4.69) is 26.1 Å². The van der Waals surface area contributed by atoms with Crippen LogP contribution in [0, 0.1) is 0 Å². The van der Waals surface area contributed by atoms with Crippen molar-refractivity contribution in [1.82, 2.24) is 5.32 Å². The van der Waals surface area contributed by atoms with Crippen LogP contribution in [0.4, 0.5) is 4.79 Å². The molecule has 5 nitrogen and oxygen atoms in total. The van der Waals surface area contributed by atoms with Crippen LogP contribution in [0.15, 0.2) is 24.3 Å². The Bertz CT molecular complexity index is 437. The Kier molecular flexibility index (Phi) is 6.49. The van der Waals surface area contributed by atoms with E-state index in [1.165, 1.54) is 5.56 Å². The highest BCUT2D eigenvalue weighted by atomic mass is 16.5. The molecule has 5 heteroatoms. The zero-order chi connectivity index (χ0) is 15.9. The summed E-state index contributed by atoms with van der Waals surface area (Å²) in [5, 5.41) is 12.2. The predicted octanol–water partition coefficient (Wildman–Crippen LogP) is 2.47. The van der Waals surface area contributed by atoms with Gasteiger partial charge in [0.25, 0.3) is 0 Å². The monoisotopic (exact) mass is 295 g/mol. The largest absolute Gasteiger partial charge is 0.491 e. The molecule has 1 amide bonds. The number of carbonyl (C=O) groups excluding carboxylic acids is 1. The van der Waals surface area contributed by atoms with E-state index < -0.39 is 12.2 Å². The van der Waals surface area contributed by atoms with Crippen LogP contribution in [-0.2, 0) is 10.2 Å². The molecule has 0 saturated carbocycles. The smallest absolute Gasteiger partial charge is 0.407 e. The Labute approximate surface area is 126 Å². The summed E-state index contributed by atoms with van der Waals surface area (Å²) < 4.78 is 10.2. The molecule has 0 fully saturated rings. The number of hydrogen-bond acceptors (Lipinski definition) is 4. The Morgan fingerprint density at radius 1 is 1.29 bits per heavy atom. The van der Waals surface area contributed by atoms with E-state index in [9.17, 15) is 9.90 Å². The fourth-order valence-electron chi connectivity index (χ4n) is 1.69. The van der Waals surface area contributed by atoms with Gasteiger partial charge in [0, 0.05) is 0 Å². The van der Waals surface area contributed by atoms with Gasteiger partial charge in [0.1, 0.15) is 18.5 Å². The molecule has 0 saturated heterocycles. The van der Waals surface area contributed by atoms with E-state index in [0.29, 0.717) is 12.4 Å². The van der Waals surface area contributed by atoms with Crippen molar-refractivity contribution in [1.29, 1.82) is 0 Å². The number of amides is 1. The Balaban J connectivity index is 2.36. The zero-order valence-corrected chi connectivity index (χ0v) is 13.2. The second-order valence-electron chi connectivity index (χ2n) is 5.84. The molecule has 0 unspecified atom stereocenters. The topological polar surface area (TPSA) is 67.8 Å². The van der Waals surface area contributed by atoms with Crippen LogP contribution in [0.25, 0.3) is 0 Å². The minimum absolute atomic E-state index is 0.0961. The molecule has 0 aromatic heterocycles. The number of nitrogens with one attached hydrogen (secondary N) is 1. The van der Waals surface area contributed by atoms with Gasteiger partial charge >= 0.3 is 6.09 Å². The van der Waals surface area contributed by atoms with E-state index >= 15 is 0 Å².